The minimum Gasteiger partial charge on any atom is -0.372 e. The fourth-order valence-corrected chi connectivity index (χ4v) is 4.00. The van der Waals surface area contributed by atoms with Gasteiger partial charge in [-0.05, 0) is 31.5 Å². The third kappa shape index (κ3) is 3.38. The molecule has 1 aromatic carbocycles. The first-order valence-electron chi connectivity index (χ1n) is 9.91. The molecule has 1 fully saturated rings. The van der Waals surface area contributed by atoms with Crippen molar-refractivity contribution in [1.29, 1.82) is 0 Å². The molecule has 1 aliphatic rings. The Kier molecular flexibility index (Phi) is 4.32. The van der Waals surface area contributed by atoms with Crippen molar-refractivity contribution < 1.29 is 4.74 Å². The molecule has 0 spiro atoms. The van der Waals surface area contributed by atoms with Gasteiger partial charge >= 0.3 is 0 Å². The van der Waals surface area contributed by atoms with E-state index in [0.717, 1.165) is 46.9 Å². The minimum atomic E-state index is 0.193. The molecule has 0 N–H and O–H groups in total. The summed E-state index contributed by atoms with van der Waals surface area (Å²) in [6, 6.07) is 12.5. The van der Waals surface area contributed by atoms with Crippen LogP contribution in [-0.4, -0.2) is 49.7 Å². The first-order valence-corrected chi connectivity index (χ1v) is 9.91. The molecule has 148 valence electrons. The first kappa shape index (κ1) is 17.9. The second-order valence-corrected chi connectivity index (χ2v) is 7.75. The maximum Gasteiger partial charge on any atom is 0.154 e. The topological polar surface area (TPSA) is 60.5 Å². The molecule has 0 radical (unpaired) electrons. The summed E-state index contributed by atoms with van der Waals surface area (Å²) in [6.07, 6.45) is 6.16. The summed E-state index contributed by atoms with van der Waals surface area (Å²) in [6.45, 7) is 5.89. The van der Waals surface area contributed by atoms with Crippen LogP contribution >= 0.6 is 0 Å². The van der Waals surface area contributed by atoms with E-state index in [-0.39, 0.29) is 12.2 Å². The summed E-state index contributed by atoms with van der Waals surface area (Å²) >= 11 is 0. The summed E-state index contributed by atoms with van der Waals surface area (Å²) < 4.78 is 9.60. The van der Waals surface area contributed by atoms with Crippen LogP contribution < -0.4 is 4.90 Å². The summed E-state index contributed by atoms with van der Waals surface area (Å²) in [4.78, 5) is 6.82. The molecule has 5 rings (SSSR count). The van der Waals surface area contributed by atoms with E-state index >= 15 is 0 Å². The van der Waals surface area contributed by atoms with Crippen molar-refractivity contribution in [3.05, 3.63) is 55.0 Å². The van der Waals surface area contributed by atoms with Gasteiger partial charge in [-0.25, -0.2) is 9.50 Å². The average Bonchev–Trinajstić information content (AvgIpc) is 3.33. The molecule has 2 atom stereocenters. The van der Waals surface area contributed by atoms with Crippen LogP contribution in [0.3, 0.4) is 0 Å². The van der Waals surface area contributed by atoms with Gasteiger partial charge in [-0.3, -0.25) is 4.68 Å². The zero-order valence-electron chi connectivity index (χ0n) is 16.9. The quantitative estimate of drug-likeness (QED) is 0.538. The standard InChI is InChI=1S/C22H24N6O/c1-15-12-27(13-16(2)29-15)22-9-8-21-23-11-20(28(21)25-22)18-6-4-17(5-7-18)19-10-24-26(3)14-19/h4-11,14-16H,12-13H2,1-3H3/t15-,16+. The lowest BCUT2D eigenvalue weighted by atomic mass is 10.1. The first-order chi connectivity index (χ1) is 14.1. The number of morpholine rings is 1. The Morgan fingerprint density at radius 3 is 2.31 bits per heavy atom. The van der Waals surface area contributed by atoms with Gasteiger partial charge in [0.05, 0.1) is 30.3 Å². The van der Waals surface area contributed by atoms with E-state index in [0.29, 0.717) is 0 Å². The lowest BCUT2D eigenvalue weighted by Gasteiger charge is -2.35. The van der Waals surface area contributed by atoms with Gasteiger partial charge in [-0.1, -0.05) is 24.3 Å². The van der Waals surface area contributed by atoms with Crippen LogP contribution in [0, 0.1) is 0 Å². The van der Waals surface area contributed by atoms with E-state index < -0.39 is 0 Å². The molecule has 0 unspecified atom stereocenters. The highest BCUT2D eigenvalue weighted by Crippen LogP contribution is 2.26. The number of hydrogen-bond donors (Lipinski definition) is 0. The minimum absolute atomic E-state index is 0.193. The zero-order chi connectivity index (χ0) is 20.0. The number of rotatable bonds is 3. The second kappa shape index (κ2) is 7.00. The van der Waals surface area contributed by atoms with Crippen LogP contribution in [0.4, 0.5) is 5.82 Å². The maximum atomic E-state index is 5.86. The van der Waals surface area contributed by atoms with Crippen molar-refractivity contribution in [2.45, 2.75) is 26.1 Å². The molecule has 4 heterocycles. The monoisotopic (exact) mass is 388 g/mol. The molecule has 0 amide bonds. The van der Waals surface area contributed by atoms with Crippen molar-refractivity contribution in [3.8, 4) is 22.4 Å². The lowest BCUT2D eigenvalue weighted by molar-refractivity contribution is -0.00551. The molecule has 7 heteroatoms. The number of benzene rings is 1. The van der Waals surface area contributed by atoms with E-state index in [4.69, 9.17) is 9.84 Å². The molecule has 29 heavy (non-hydrogen) atoms. The van der Waals surface area contributed by atoms with Gasteiger partial charge in [0.2, 0.25) is 0 Å². The smallest absolute Gasteiger partial charge is 0.154 e. The molecule has 0 saturated carbocycles. The second-order valence-electron chi connectivity index (χ2n) is 7.75. The Balaban J connectivity index is 1.49. The molecule has 3 aromatic heterocycles. The zero-order valence-corrected chi connectivity index (χ0v) is 16.9. The highest BCUT2D eigenvalue weighted by molar-refractivity contribution is 5.69. The van der Waals surface area contributed by atoms with Crippen molar-refractivity contribution in [2.75, 3.05) is 18.0 Å². The Bertz CT molecular complexity index is 1140. The normalized spacial score (nSPS) is 19.8. The van der Waals surface area contributed by atoms with Crippen molar-refractivity contribution in [1.82, 2.24) is 24.4 Å². The largest absolute Gasteiger partial charge is 0.372 e. The third-order valence-corrected chi connectivity index (χ3v) is 5.31. The van der Waals surface area contributed by atoms with Crippen LogP contribution in [0.15, 0.2) is 55.0 Å². The Hall–Kier alpha value is -3.19. The average molecular weight is 388 g/mol. The van der Waals surface area contributed by atoms with Crippen molar-refractivity contribution >= 4 is 11.5 Å². The molecule has 1 saturated heterocycles. The van der Waals surface area contributed by atoms with Crippen LogP contribution in [-0.2, 0) is 11.8 Å². The Morgan fingerprint density at radius 1 is 0.897 bits per heavy atom. The maximum absolute atomic E-state index is 5.86. The Morgan fingerprint density at radius 2 is 1.62 bits per heavy atom. The predicted octanol–water partition coefficient (Wildman–Crippen LogP) is 3.41. The number of aryl methyl sites for hydroxylation is 1. The van der Waals surface area contributed by atoms with Gasteiger partial charge in [0, 0.05) is 37.5 Å². The van der Waals surface area contributed by atoms with E-state index in [1.165, 1.54) is 0 Å². The fraction of sp³-hybridized carbons (Fsp3) is 0.318. The van der Waals surface area contributed by atoms with Crippen LogP contribution in [0.1, 0.15) is 13.8 Å². The fourth-order valence-electron chi connectivity index (χ4n) is 4.00. The van der Waals surface area contributed by atoms with Gasteiger partial charge in [0.25, 0.3) is 0 Å². The van der Waals surface area contributed by atoms with E-state index in [9.17, 15) is 0 Å². The van der Waals surface area contributed by atoms with Gasteiger partial charge in [0.15, 0.2) is 5.65 Å². The third-order valence-electron chi connectivity index (χ3n) is 5.31. The molecule has 4 aromatic rings. The summed E-state index contributed by atoms with van der Waals surface area (Å²) in [5.41, 5.74) is 5.15. The van der Waals surface area contributed by atoms with Crippen LogP contribution in [0.2, 0.25) is 0 Å². The van der Waals surface area contributed by atoms with Gasteiger partial charge in [0.1, 0.15) is 5.82 Å². The summed E-state index contributed by atoms with van der Waals surface area (Å²) in [7, 11) is 1.93. The number of hydrogen-bond acceptors (Lipinski definition) is 5. The number of fused-ring (bicyclic) bond motifs is 1. The van der Waals surface area contributed by atoms with E-state index in [1.807, 2.05) is 47.0 Å². The molecule has 1 aliphatic heterocycles. The predicted molar refractivity (Wildman–Crippen MR) is 113 cm³/mol. The van der Waals surface area contributed by atoms with Crippen molar-refractivity contribution in [3.63, 3.8) is 0 Å². The van der Waals surface area contributed by atoms with Crippen LogP contribution in [0.25, 0.3) is 28.0 Å². The number of nitrogens with zero attached hydrogens (tertiary/aromatic N) is 6. The number of imidazole rings is 1. The van der Waals surface area contributed by atoms with Crippen molar-refractivity contribution in [2.24, 2.45) is 7.05 Å². The highest BCUT2D eigenvalue weighted by Gasteiger charge is 2.23. The van der Waals surface area contributed by atoms with E-state index in [2.05, 4.69) is 53.1 Å². The van der Waals surface area contributed by atoms with E-state index in [1.54, 1.807) is 0 Å². The SMILES string of the molecule is C[C@@H]1CN(c2ccc3ncc(-c4ccc(-c5cnn(C)c5)cc4)n3n2)C[C@H](C)O1. The van der Waals surface area contributed by atoms with Gasteiger partial charge in [-0.15, -0.1) is 5.10 Å². The summed E-state index contributed by atoms with van der Waals surface area (Å²) in [5, 5.41) is 9.15. The number of anilines is 1. The van der Waals surface area contributed by atoms with Gasteiger partial charge < -0.3 is 9.64 Å². The molecular formula is C22H24N6O. The summed E-state index contributed by atoms with van der Waals surface area (Å²) in [5.74, 6) is 0.950. The molecule has 0 bridgehead atoms. The molecule has 0 aliphatic carbocycles. The number of aromatic nitrogens is 5. The number of ether oxygens (including phenoxy) is 1. The van der Waals surface area contributed by atoms with Gasteiger partial charge in [-0.2, -0.15) is 5.10 Å². The Labute approximate surface area is 169 Å². The molecular weight excluding hydrogens is 364 g/mol. The van der Waals surface area contributed by atoms with Crippen LogP contribution in [0.5, 0.6) is 0 Å². The molecule has 7 nitrogen and oxygen atoms in total. The lowest BCUT2D eigenvalue weighted by Crippen LogP contribution is -2.46. The highest BCUT2D eigenvalue weighted by atomic mass is 16.5.